The number of ketones is 1. The van der Waals surface area contributed by atoms with Crippen molar-refractivity contribution in [3.05, 3.63) is 35.9 Å². The zero-order chi connectivity index (χ0) is 18.4. The molecule has 0 radical (unpaired) electrons. The maximum atomic E-state index is 12.6. The Labute approximate surface area is 147 Å². The summed E-state index contributed by atoms with van der Waals surface area (Å²) in [6, 6.07) is 7.69. The lowest BCUT2D eigenvalue weighted by atomic mass is 9.91. The van der Waals surface area contributed by atoms with Gasteiger partial charge in [0.1, 0.15) is 6.10 Å². The molecule has 1 aromatic carbocycles. The molecule has 1 unspecified atom stereocenters. The van der Waals surface area contributed by atoms with E-state index < -0.39 is 24.3 Å². The van der Waals surface area contributed by atoms with E-state index in [0.717, 1.165) is 5.56 Å². The van der Waals surface area contributed by atoms with Gasteiger partial charge in [0, 0.05) is 25.3 Å². The topological polar surface area (TPSA) is 119 Å². The fourth-order valence-corrected chi connectivity index (χ4v) is 3.06. The molecule has 1 aliphatic rings. The summed E-state index contributed by atoms with van der Waals surface area (Å²) in [5.41, 5.74) is 0.846. The lowest BCUT2D eigenvalue weighted by molar-refractivity contribution is -0.124. The number of aliphatic hydroxyl groups excluding tert-OH is 3. The van der Waals surface area contributed by atoms with Crippen LogP contribution in [0.1, 0.15) is 31.2 Å². The van der Waals surface area contributed by atoms with Crippen molar-refractivity contribution in [3.8, 4) is 0 Å². The Kier molecular flexibility index (Phi) is 7.07. The first-order chi connectivity index (χ1) is 12.0. The van der Waals surface area contributed by atoms with Gasteiger partial charge >= 0.3 is 0 Å². The molecule has 0 saturated carbocycles. The van der Waals surface area contributed by atoms with Crippen LogP contribution >= 0.6 is 0 Å². The number of Topliss-reactive ketones (excluding diaryl/α,β-unsaturated/α-hetero) is 1. The van der Waals surface area contributed by atoms with E-state index in [2.05, 4.69) is 10.6 Å². The molecule has 5 N–H and O–H groups in total. The Morgan fingerprint density at radius 3 is 2.48 bits per heavy atom. The van der Waals surface area contributed by atoms with Gasteiger partial charge in [-0.25, -0.2) is 0 Å². The number of benzene rings is 1. The SMILES string of the molecule is CCC(=O)NC[C@H]1N[C@@H](C(=O)CC(CO)c2ccccc2)[C@@H](O)[C@@H]1O. The van der Waals surface area contributed by atoms with Crippen LogP contribution in [0.4, 0.5) is 0 Å². The molecule has 1 aliphatic heterocycles. The van der Waals surface area contributed by atoms with Gasteiger partial charge in [0.15, 0.2) is 5.78 Å². The number of hydrogen-bond donors (Lipinski definition) is 5. The molecule has 1 amide bonds. The summed E-state index contributed by atoms with van der Waals surface area (Å²) in [4.78, 5) is 23.9. The first-order valence-electron chi connectivity index (χ1n) is 8.55. The summed E-state index contributed by atoms with van der Waals surface area (Å²) < 4.78 is 0. The highest BCUT2D eigenvalue weighted by Gasteiger charge is 2.44. The standard InChI is InChI=1S/C18H26N2O5/c1-2-15(23)19-9-13-17(24)18(25)16(20-13)14(22)8-12(10-21)11-6-4-3-5-7-11/h3-7,12-13,16-18,20-21,24-25H,2,8-10H2,1H3,(H,19,23)/t12?,13-,16+,17-,18-/m1/s1. The van der Waals surface area contributed by atoms with Crippen LogP contribution in [0.25, 0.3) is 0 Å². The van der Waals surface area contributed by atoms with Crippen LogP contribution in [0.3, 0.4) is 0 Å². The van der Waals surface area contributed by atoms with E-state index in [1.807, 2.05) is 30.3 Å². The number of carbonyl (C=O) groups excluding carboxylic acids is 2. The first kappa shape index (κ1) is 19.5. The van der Waals surface area contributed by atoms with Crippen molar-refractivity contribution in [2.45, 2.75) is 50.0 Å². The zero-order valence-corrected chi connectivity index (χ0v) is 14.3. The van der Waals surface area contributed by atoms with E-state index in [1.165, 1.54) is 0 Å². The lowest BCUT2D eigenvalue weighted by Crippen LogP contribution is -2.45. The highest BCUT2D eigenvalue weighted by molar-refractivity contribution is 5.86. The third-order valence-electron chi connectivity index (χ3n) is 4.62. The van der Waals surface area contributed by atoms with Crippen molar-refractivity contribution < 1.29 is 24.9 Å². The summed E-state index contributed by atoms with van der Waals surface area (Å²) >= 11 is 0. The predicted molar refractivity (Wildman–Crippen MR) is 91.9 cm³/mol. The highest BCUT2D eigenvalue weighted by atomic mass is 16.3. The van der Waals surface area contributed by atoms with Crippen molar-refractivity contribution >= 4 is 11.7 Å². The molecule has 0 aromatic heterocycles. The molecule has 138 valence electrons. The van der Waals surface area contributed by atoms with Gasteiger partial charge in [-0.2, -0.15) is 0 Å². The number of carbonyl (C=O) groups is 2. The van der Waals surface area contributed by atoms with Gasteiger partial charge in [0.2, 0.25) is 5.91 Å². The van der Waals surface area contributed by atoms with E-state index in [1.54, 1.807) is 6.92 Å². The second-order valence-electron chi connectivity index (χ2n) is 6.35. The average Bonchev–Trinajstić information content (AvgIpc) is 2.93. The minimum absolute atomic E-state index is 0.0516. The van der Waals surface area contributed by atoms with E-state index in [0.29, 0.717) is 6.42 Å². The molecule has 1 saturated heterocycles. The monoisotopic (exact) mass is 350 g/mol. The van der Waals surface area contributed by atoms with Crippen LogP contribution in [0, 0.1) is 0 Å². The van der Waals surface area contributed by atoms with E-state index in [-0.39, 0.29) is 37.2 Å². The molecule has 25 heavy (non-hydrogen) atoms. The molecule has 0 bridgehead atoms. The summed E-state index contributed by atoms with van der Waals surface area (Å²) in [6.45, 7) is 1.67. The molecule has 2 rings (SSSR count). The largest absolute Gasteiger partial charge is 0.396 e. The van der Waals surface area contributed by atoms with Gasteiger partial charge in [0.25, 0.3) is 0 Å². The number of hydrogen-bond acceptors (Lipinski definition) is 6. The third kappa shape index (κ3) is 4.85. The zero-order valence-electron chi connectivity index (χ0n) is 14.3. The Hall–Kier alpha value is -1.80. The number of aliphatic hydroxyl groups is 3. The van der Waals surface area contributed by atoms with Crippen LogP contribution in [-0.2, 0) is 9.59 Å². The highest BCUT2D eigenvalue weighted by Crippen LogP contribution is 2.23. The second kappa shape index (κ2) is 9.05. The summed E-state index contributed by atoms with van der Waals surface area (Å²) in [6.07, 6.45) is -2.01. The molecule has 7 nitrogen and oxygen atoms in total. The molecule has 7 heteroatoms. The van der Waals surface area contributed by atoms with Gasteiger partial charge in [-0.3, -0.25) is 14.9 Å². The second-order valence-corrected chi connectivity index (χ2v) is 6.35. The van der Waals surface area contributed by atoms with Crippen molar-refractivity contribution in [1.82, 2.24) is 10.6 Å². The number of nitrogens with one attached hydrogen (secondary N) is 2. The fraction of sp³-hybridized carbons (Fsp3) is 0.556. The van der Waals surface area contributed by atoms with E-state index in [4.69, 9.17) is 0 Å². The normalized spacial score (nSPS) is 27.0. The number of rotatable bonds is 8. The molecule has 1 fully saturated rings. The van der Waals surface area contributed by atoms with Gasteiger partial charge in [0.05, 0.1) is 24.8 Å². The Bertz CT molecular complexity index is 580. The molecular formula is C18H26N2O5. The fourth-order valence-electron chi connectivity index (χ4n) is 3.06. The van der Waals surface area contributed by atoms with Crippen molar-refractivity contribution in [1.29, 1.82) is 0 Å². The van der Waals surface area contributed by atoms with Crippen molar-refractivity contribution in [3.63, 3.8) is 0 Å². The Balaban J connectivity index is 1.97. The van der Waals surface area contributed by atoms with Gasteiger partial charge in [-0.05, 0) is 5.56 Å². The molecular weight excluding hydrogens is 324 g/mol. The Morgan fingerprint density at radius 1 is 1.20 bits per heavy atom. The van der Waals surface area contributed by atoms with Gasteiger partial charge < -0.3 is 20.6 Å². The van der Waals surface area contributed by atoms with E-state index >= 15 is 0 Å². The predicted octanol–water partition coefficient (Wildman–Crippen LogP) is -0.690. The van der Waals surface area contributed by atoms with Crippen LogP contribution in [0.5, 0.6) is 0 Å². The molecule has 1 heterocycles. The van der Waals surface area contributed by atoms with Crippen molar-refractivity contribution in [2.24, 2.45) is 0 Å². The van der Waals surface area contributed by atoms with Gasteiger partial charge in [-0.15, -0.1) is 0 Å². The molecule has 0 spiro atoms. The van der Waals surface area contributed by atoms with Gasteiger partial charge in [-0.1, -0.05) is 37.3 Å². The average molecular weight is 350 g/mol. The smallest absolute Gasteiger partial charge is 0.219 e. The third-order valence-corrected chi connectivity index (χ3v) is 4.62. The van der Waals surface area contributed by atoms with Crippen LogP contribution in [-0.4, -0.2) is 64.5 Å². The summed E-state index contributed by atoms with van der Waals surface area (Å²) in [7, 11) is 0. The minimum atomic E-state index is -1.24. The lowest BCUT2D eigenvalue weighted by Gasteiger charge is -2.19. The molecule has 5 atom stereocenters. The van der Waals surface area contributed by atoms with Crippen molar-refractivity contribution in [2.75, 3.05) is 13.2 Å². The Morgan fingerprint density at radius 2 is 1.88 bits per heavy atom. The maximum absolute atomic E-state index is 12.6. The quantitative estimate of drug-likeness (QED) is 0.423. The van der Waals surface area contributed by atoms with E-state index in [9.17, 15) is 24.9 Å². The first-order valence-corrected chi connectivity index (χ1v) is 8.55. The van der Waals surface area contributed by atoms with Crippen LogP contribution in [0.2, 0.25) is 0 Å². The summed E-state index contributed by atoms with van der Waals surface area (Å²) in [5, 5.41) is 35.4. The summed E-state index contributed by atoms with van der Waals surface area (Å²) in [5.74, 6) is -0.805. The maximum Gasteiger partial charge on any atom is 0.219 e. The minimum Gasteiger partial charge on any atom is -0.396 e. The van der Waals surface area contributed by atoms with Crippen LogP contribution in [0.15, 0.2) is 30.3 Å². The molecule has 1 aromatic rings. The van der Waals surface area contributed by atoms with Crippen LogP contribution < -0.4 is 10.6 Å². The number of amides is 1. The molecule has 0 aliphatic carbocycles.